The molecule has 1 N–H and O–H groups in total. The van der Waals surface area contributed by atoms with Crippen LogP contribution < -0.4 is 0 Å². The van der Waals surface area contributed by atoms with Gasteiger partial charge in [-0.3, -0.25) is 4.79 Å². The van der Waals surface area contributed by atoms with Gasteiger partial charge in [0.15, 0.2) is 0 Å². The van der Waals surface area contributed by atoms with E-state index >= 15 is 0 Å². The maximum Gasteiger partial charge on any atom is 0.306 e. The highest BCUT2D eigenvalue weighted by Crippen LogP contribution is 2.26. The molecule has 4 nitrogen and oxygen atoms in total. The van der Waals surface area contributed by atoms with Gasteiger partial charge >= 0.3 is 5.97 Å². The SMILES string of the molecule is N#CCCCOC1CCC(C(=O)O)CC1. The Bertz CT molecular complexity index is 239. The lowest BCUT2D eigenvalue weighted by molar-refractivity contribution is -0.143. The lowest BCUT2D eigenvalue weighted by Crippen LogP contribution is -2.26. The maximum atomic E-state index is 10.7. The van der Waals surface area contributed by atoms with Crippen molar-refractivity contribution in [3.8, 4) is 6.07 Å². The van der Waals surface area contributed by atoms with Crippen molar-refractivity contribution in [3.05, 3.63) is 0 Å². The van der Waals surface area contributed by atoms with Crippen molar-refractivity contribution < 1.29 is 14.6 Å². The second-order valence-corrected chi connectivity index (χ2v) is 3.94. The number of nitriles is 1. The number of rotatable bonds is 5. The molecular weight excluding hydrogens is 194 g/mol. The molecule has 0 aromatic carbocycles. The number of nitrogens with zero attached hydrogens (tertiary/aromatic N) is 1. The van der Waals surface area contributed by atoms with Gasteiger partial charge in [-0.1, -0.05) is 0 Å². The lowest BCUT2D eigenvalue weighted by atomic mass is 9.87. The minimum atomic E-state index is -0.682. The van der Waals surface area contributed by atoms with Crippen LogP contribution in [0, 0.1) is 17.2 Å². The van der Waals surface area contributed by atoms with Gasteiger partial charge in [-0.05, 0) is 32.1 Å². The Hall–Kier alpha value is -1.08. The fraction of sp³-hybridized carbons (Fsp3) is 0.818. The van der Waals surface area contributed by atoms with Crippen molar-refractivity contribution in [1.29, 1.82) is 5.26 Å². The van der Waals surface area contributed by atoms with Crippen LogP contribution in [0.2, 0.25) is 0 Å². The molecule has 0 unspecified atom stereocenters. The van der Waals surface area contributed by atoms with Crippen LogP contribution in [-0.4, -0.2) is 23.8 Å². The molecule has 0 heterocycles. The first kappa shape index (κ1) is 12.0. The Morgan fingerprint density at radius 1 is 1.40 bits per heavy atom. The summed E-state index contributed by atoms with van der Waals surface area (Å²) in [4.78, 5) is 10.7. The number of carboxylic acid groups (broad SMARTS) is 1. The zero-order chi connectivity index (χ0) is 11.1. The number of unbranched alkanes of at least 4 members (excludes halogenated alkanes) is 1. The molecule has 0 bridgehead atoms. The summed E-state index contributed by atoms with van der Waals surface area (Å²) in [5.74, 6) is -0.859. The average molecular weight is 211 g/mol. The van der Waals surface area contributed by atoms with E-state index in [-0.39, 0.29) is 12.0 Å². The summed E-state index contributed by atoms with van der Waals surface area (Å²) in [6, 6.07) is 2.07. The van der Waals surface area contributed by atoms with E-state index in [1.807, 2.05) is 0 Å². The molecule has 0 atom stereocenters. The Morgan fingerprint density at radius 3 is 2.60 bits per heavy atom. The van der Waals surface area contributed by atoms with E-state index in [0.717, 1.165) is 32.1 Å². The molecule has 1 fully saturated rings. The molecule has 4 heteroatoms. The highest BCUT2D eigenvalue weighted by molar-refractivity contribution is 5.69. The second-order valence-electron chi connectivity index (χ2n) is 3.94. The molecule has 1 aliphatic rings. The first-order valence-corrected chi connectivity index (χ1v) is 5.45. The van der Waals surface area contributed by atoms with E-state index in [1.54, 1.807) is 0 Å². The molecule has 0 amide bonds. The zero-order valence-corrected chi connectivity index (χ0v) is 8.82. The van der Waals surface area contributed by atoms with Crippen LogP contribution in [0.3, 0.4) is 0 Å². The van der Waals surface area contributed by atoms with Crippen molar-refractivity contribution in [2.45, 2.75) is 44.6 Å². The van der Waals surface area contributed by atoms with Gasteiger partial charge in [-0.25, -0.2) is 0 Å². The van der Waals surface area contributed by atoms with Crippen molar-refractivity contribution in [2.24, 2.45) is 5.92 Å². The van der Waals surface area contributed by atoms with Crippen LogP contribution in [0.25, 0.3) is 0 Å². The summed E-state index contributed by atoms with van der Waals surface area (Å²) >= 11 is 0. The fourth-order valence-electron chi connectivity index (χ4n) is 1.88. The van der Waals surface area contributed by atoms with E-state index in [4.69, 9.17) is 15.1 Å². The molecule has 0 spiro atoms. The number of hydrogen-bond donors (Lipinski definition) is 1. The number of carboxylic acids is 1. The predicted octanol–water partition coefficient (Wildman–Crippen LogP) is 1.95. The first-order valence-electron chi connectivity index (χ1n) is 5.45. The van der Waals surface area contributed by atoms with Crippen LogP contribution in [0.4, 0.5) is 0 Å². The zero-order valence-electron chi connectivity index (χ0n) is 8.82. The third-order valence-corrected chi connectivity index (χ3v) is 2.81. The molecule has 1 saturated carbocycles. The highest BCUT2D eigenvalue weighted by Gasteiger charge is 2.25. The summed E-state index contributed by atoms with van der Waals surface area (Å²) in [6.07, 6.45) is 4.63. The molecule has 84 valence electrons. The van der Waals surface area contributed by atoms with Crippen LogP contribution in [0.1, 0.15) is 38.5 Å². The molecule has 0 aliphatic heterocycles. The fourth-order valence-corrected chi connectivity index (χ4v) is 1.88. The summed E-state index contributed by atoms with van der Waals surface area (Å²) < 4.78 is 5.57. The quantitative estimate of drug-likeness (QED) is 0.705. The summed E-state index contributed by atoms with van der Waals surface area (Å²) in [5, 5.41) is 17.1. The Kier molecular flexibility index (Phi) is 5.13. The molecule has 0 aromatic rings. The van der Waals surface area contributed by atoms with Gasteiger partial charge in [0.05, 0.1) is 18.1 Å². The van der Waals surface area contributed by atoms with E-state index in [2.05, 4.69) is 6.07 Å². The molecule has 1 aliphatic carbocycles. The van der Waals surface area contributed by atoms with Crippen molar-refractivity contribution in [1.82, 2.24) is 0 Å². The van der Waals surface area contributed by atoms with E-state index in [9.17, 15) is 4.79 Å². The molecule has 0 aromatic heterocycles. The largest absolute Gasteiger partial charge is 0.481 e. The minimum Gasteiger partial charge on any atom is -0.481 e. The normalized spacial score (nSPS) is 25.8. The van der Waals surface area contributed by atoms with Gasteiger partial charge in [0, 0.05) is 13.0 Å². The van der Waals surface area contributed by atoms with Crippen LogP contribution in [0.15, 0.2) is 0 Å². The van der Waals surface area contributed by atoms with Gasteiger partial charge in [0.2, 0.25) is 0 Å². The third-order valence-electron chi connectivity index (χ3n) is 2.81. The third kappa shape index (κ3) is 4.30. The standard InChI is InChI=1S/C11H17NO3/c12-7-1-2-8-15-10-5-3-9(4-6-10)11(13)14/h9-10H,1-6,8H2,(H,13,14). The second kappa shape index (κ2) is 6.41. The van der Waals surface area contributed by atoms with E-state index < -0.39 is 5.97 Å². The first-order chi connectivity index (χ1) is 7.24. The van der Waals surface area contributed by atoms with Crippen LogP contribution in [-0.2, 0) is 9.53 Å². The number of aliphatic carboxylic acids is 1. The molecule has 0 radical (unpaired) electrons. The Morgan fingerprint density at radius 2 is 2.07 bits per heavy atom. The number of hydrogen-bond acceptors (Lipinski definition) is 3. The van der Waals surface area contributed by atoms with Crippen molar-refractivity contribution in [3.63, 3.8) is 0 Å². The molecule has 15 heavy (non-hydrogen) atoms. The van der Waals surface area contributed by atoms with Crippen LogP contribution >= 0.6 is 0 Å². The Balaban J connectivity index is 2.10. The summed E-state index contributed by atoms with van der Waals surface area (Å²) in [6.45, 7) is 0.621. The van der Waals surface area contributed by atoms with Crippen LogP contribution in [0.5, 0.6) is 0 Å². The topological polar surface area (TPSA) is 70.3 Å². The maximum absolute atomic E-state index is 10.7. The van der Waals surface area contributed by atoms with E-state index in [0.29, 0.717) is 13.0 Å². The average Bonchev–Trinajstić information content (AvgIpc) is 2.25. The van der Waals surface area contributed by atoms with Crippen molar-refractivity contribution >= 4 is 5.97 Å². The van der Waals surface area contributed by atoms with Gasteiger partial charge < -0.3 is 9.84 Å². The predicted molar refractivity (Wildman–Crippen MR) is 54.2 cm³/mol. The van der Waals surface area contributed by atoms with E-state index in [1.165, 1.54) is 0 Å². The van der Waals surface area contributed by atoms with Gasteiger partial charge in [0.1, 0.15) is 0 Å². The molecule has 1 rings (SSSR count). The highest BCUT2D eigenvalue weighted by atomic mass is 16.5. The Labute approximate surface area is 89.8 Å². The van der Waals surface area contributed by atoms with Gasteiger partial charge in [-0.2, -0.15) is 5.26 Å². The number of carbonyl (C=O) groups is 1. The van der Waals surface area contributed by atoms with Gasteiger partial charge in [-0.15, -0.1) is 0 Å². The smallest absolute Gasteiger partial charge is 0.306 e. The van der Waals surface area contributed by atoms with Gasteiger partial charge in [0.25, 0.3) is 0 Å². The summed E-state index contributed by atoms with van der Waals surface area (Å²) in [5.41, 5.74) is 0. The summed E-state index contributed by atoms with van der Waals surface area (Å²) in [7, 11) is 0. The molecular formula is C11H17NO3. The number of ether oxygens (including phenoxy) is 1. The van der Waals surface area contributed by atoms with Crippen molar-refractivity contribution in [2.75, 3.05) is 6.61 Å². The molecule has 0 saturated heterocycles. The lowest BCUT2D eigenvalue weighted by Gasteiger charge is -2.26. The minimum absolute atomic E-state index is 0.177. The monoisotopic (exact) mass is 211 g/mol.